The molecule has 0 unspecified atom stereocenters. The van der Waals surface area contributed by atoms with E-state index >= 15 is 0 Å². The molecule has 0 atom stereocenters. The van der Waals surface area contributed by atoms with Gasteiger partial charge in [0.15, 0.2) is 18.1 Å². The van der Waals surface area contributed by atoms with Crippen LogP contribution in [0, 0.1) is 0 Å². The summed E-state index contributed by atoms with van der Waals surface area (Å²) in [6, 6.07) is 3.89. The molecule has 0 radical (unpaired) electrons. The molecular formula is C21H24N2O7. The summed E-state index contributed by atoms with van der Waals surface area (Å²) >= 11 is 0. The Kier molecular flexibility index (Phi) is 6.71. The van der Waals surface area contributed by atoms with Gasteiger partial charge in [0.2, 0.25) is 0 Å². The second-order valence-electron chi connectivity index (χ2n) is 6.93. The van der Waals surface area contributed by atoms with Crippen molar-refractivity contribution in [1.29, 1.82) is 0 Å². The number of amides is 4. The number of nitrogens with zero attached hydrogens (tertiary/aromatic N) is 1. The Bertz CT molecular complexity index is 887. The summed E-state index contributed by atoms with van der Waals surface area (Å²) in [5.41, 5.74) is 0.387. The summed E-state index contributed by atoms with van der Waals surface area (Å²) in [5, 5.41) is 2.24. The molecule has 4 amide bonds. The molecule has 160 valence electrons. The van der Waals surface area contributed by atoms with Crippen LogP contribution < -0.4 is 14.8 Å². The van der Waals surface area contributed by atoms with Gasteiger partial charge in [-0.2, -0.15) is 0 Å². The Morgan fingerprint density at radius 2 is 1.93 bits per heavy atom. The number of hydrogen-bond acceptors (Lipinski definition) is 7. The van der Waals surface area contributed by atoms with Crippen LogP contribution in [0.15, 0.2) is 23.8 Å². The zero-order chi connectivity index (χ0) is 21.7. The van der Waals surface area contributed by atoms with Crippen molar-refractivity contribution in [1.82, 2.24) is 10.2 Å². The lowest BCUT2D eigenvalue weighted by molar-refractivity contribution is -0.145. The van der Waals surface area contributed by atoms with Crippen LogP contribution in [0.2, 0.25) is 0 Å². The monoisotopic (exact) mass is 416 g/mol. The van der Waals surface area contributed by atoms with Gasteiger partial charge in [0.1, 0.15) is 5.57 Å². The minimum absolute atomic E-state index is 0.122. The smallest absolute Gasteiger partial charge is 0.344 e. The molecule has 3 rings (SSSR count). The highest BCUT2D eigenvalue weighted by atomic mass is 16.6. The van der Waals surface area contributed by atoms with Crippen LogP contribution in [-0.4, -0.2) is 55.1 Å². The Balaban J connectivity index is 1.82. The van der Waals surface area contributed by atoms with Crippen LogP contribution >= 0.6 is 0 Å². The predicted octanol–water partition coefficient (Wildman–Crippen LogP) is 2.04. The van der Waals surface area contributed by atoms with Gasteiger partial charge < -0.3 is 14.2 Å². The number of rotatable bonds is 7. The Morgan fingerprint density at radius 3 is 2.60 bits per heavy atom. The maximum absolute atomic E-state index is 12.9. The fraction of sp³-hybridized carbons (Fsp3) is 0.429. The topological polar surface area (TPSA) is 111 Å². The minimum atomic E-state index is -0.735. The molecule has 30 heavy (non-hydrogen) atoms. The molecule has 1 saturated carbocycles. The molecule has 0 bridgehead atoms. The second-order valence-corrected chi connectivity index (χ2v) is 6.93. The lowest BCUT2D eigenvalue weighted by Crippen LogP contribution is -2.57. The molecule has 1 heterocycles. The summed E-state index contributed by atoms with van der Waals surface area (Å²) in [4.78, 5) is 50.0. The summed E-state index contributed by atoms with van der Waals surface area (Å²) in [7, 11) is 1.43. The van der Waals surface area contributed by atoms with Crippen molar-refractivity contribution in [3.63, 3.8) is 0 Å². The Labute approximate surface area is 174 Å². The van der Waals surface area contributed by atoms with Gasteiger partial charge in [-0.1, -0.05) is 18.9 Å². The average Bonchev–Trinajstić information content (AvgIpc) is 3.24. The lowest BCUT2D eigenvalue weighted by Gasteiger charge is -2.31. The van der Waals surface area contributed by atoms with Gasteiger partial charge in [-0.3, -0.25) is 19.8 Å². The molecule has 1 N–H and O–H groups in total. The number of imide groups is 2. The van der Waals surface area contributed by atoms with E-state index in [0.717, 1.165) is 30.6 Å². The number of nitrogens with one attached hydrogen (secondary N) is 1. The molecule has 1 aliphatic heterocycles. The van der Waals surface area contributed by atoms with Crippen LogP contribution in [0.4, 0.5) is 4.79 Å². The third-order valence-corrected chi connectivity index (χ3v) is 4.97. The van der Waals surface area contributed by atoms with Gasteiger partial charge in [0.05, 0.1) is 13.7 Å². The van der Waals surface area contributed by atoms with Crippen molar-refractivity contribution in [3.8, 4) is 11.5 Å². The number of ether oxygens (including phenoxy) is 3. The molecule has 1 aromatic rings. The number of urea groups is 1. The first-order valence-corrected chi connectivity index (χ1v) is 9.81. The zero-order valence-corrected chi connectivity index (χ0v) is 16.9. The van der Waals surface area contributed by atoms with Gasteiger partial charge in [-0.25, -0.2) is 9.59 Å². The summed E-state index contributed by atoms with van der Waals surface area (Å²) in [6.45, 7) is 1.68. The third kappa shape index (κ3) is 4.61. The second kappa shape index (κ2) is 9.43. The molecule has 9 nitrogen and oxygen atoms in total. The van der Waals surface area contributed by atoms with Gasteiger partial charge in [0.25, 0.3) is 11.8 Å². The predicted molar refractivity (Wildman–Crippen MR) is 106 cm³/mol. The van der Waals surface area contributed by atoms with Crippen LogP contribution in [0.5, 0.6) is 11.5 Å². The van der Waals surface area contributed by atoms with Gasteiger partial charge in [-0.15, -0.1) is 0 Å². The molecular weight excluding hydrogens is 392 g/mol. The average molecular weight is 416 g/mol. The number of carbonyl (C=O) groups is 4. The highest BCUT2D eigenvalue weighted by Crippen LogP contribution is 2.30. The van der Waals surface area contributed by atoms with Crippen molar-refractivity contribution in [3.05, 3.63) is 29.3 Å². The van der Waals surface area contributed by atoms with Crippen molar-refractivity contribution in [2.75, 3.05) is 20.3 Å². The van der Waals surface area contributed by atoms with E-state index in [1.54, 1.807) is 25.1 Å². The van der Waals surface area contributed by atoms with E-state index in [1.165, 1.54) is 13.2 Å². The first-order chi connectivity index (χ1) is 14.4. The third-order valence-electron chi connectivity index (χ3n) is 4.97. The summed E-state index contributed by atoms with van der Waals surface area (Å²) in [6.07, 6.45) is 4.77. The molecule has 2 fully saturated rings. The number of barbiturate groups is 1. The standard InChI is InChI=1S/C21H24N2O7/c1-3-29-18(24)12-30-16-9-8-13(11-17(16)28-2)10-15-19(25)22-21(27)23(20(15)26)14-6-4-5-7-14/h8-11,14H,3-7,12H2,1-2H3,(H,22,25,27). The van der Waals surface area contributed by atoms with Crippen molar-refractivity contribution in [2.24, 2.45) is 0 Å². The van der Waals surface area contributed by atoms with E-state index in [9.17, 15) is 19.2 Å². The lowest BCUT2D eigenvalue weighted by atomic mass is 10.0. The van der Waals surface area contributed by atoms with E-state index in [-0.39, 0.29) is 24.8 Å². The van der Waals surface area contributed by atoms with E-state index in [2.05, 4.69) is 5.32 Å². The molecule has 0 aromatic heterocycles. The summed E-state index contributed by atoms with van der Waals surface area (Å²) in [5.74, 6) is -1.21. The quantitative estimate of drug-likeness (QED) is 0.411. The molecule has 0 spiro atoms. The van der Waals surface area contributed by atoms with Crippen molar-refractivity contribution < 1.29 is 33.4 Å². The molecule has 2 aliphatic rings. The first-order valence-electron chi connectivity index (χ1n) is 9.81. The number of carbonyl (C=O) groups excluding carboxylic acids is 4. The minimum Gasteiger partial charge on any atom is -0.493 e. The molecule has 9 heteroatoms. The fourth-order valence-electron chi connectivity index (χ4n) is 3.56. The number of hydrogen-bond donors (Lipinski definition) is 1. The fourth-order valence-corrected chi connectivity index (χ4v) is 3.56. The van der Waals surface area contributed by atoms with Crippen molar-refractivity contribution in [2.45, 2.75) is 38.6 Å². The summed E-state index contributed by atoms with van der Waals surface area (Å²) < 4.78 is 15.5. The maximum atomic E-state index is 12.9. The number of methoxy groups -OCH3 is 1. The number of benzene rings is 1. The Hall–Kier alpha value is -3.36. The van der Waals surface area contributed by atoms with E-state index < -0.39 is 23.8 Å². The van der Waals surface area contributed by atoms with Crippen LogP contribution in [-0.2, 0) is 19.1 Å². The molecule has 1 saturated heterocycles. The molecule has 1 aromatic carbocycles. The first kappa shape index (κ1) is 21.4. The SMILES string of the molecule is CCOC(=O)COc1ccc(C=C2C(=O)NC(=O)N(C3CCCC3)C2=O)cc1OC. The van der Waals surface area contributed by atoms with E-state index in [4.69, 9.17) is 14.2 Å². The van der Waals surface area contributed by atoms with E-state index in [0.29, 0.717) is 17.1 Å². The highest BCUT2D eigenvalue weighted by molar-refractivity contribution is 6.31. The van der Waals surface area contributed by atoms with Crippen molar-refractivity contribution >= 4 is 29.9 Å². The van der Waals surface area contributed by atoms with Crippen LogP contribution in [0.25, 0.3) is 6.08 Å². The largest absolute Gasteiger partial charge is 0.493 e. The highest BCUT2D eigenvalue weighted by Gasteiger charge is 2.40. The Morgan fingerprint density at radius 1 is 1.20 bits per heavy atom. The van der Waals surface area contributed by atoms with Gasteiger partial charge in [0, 0.05) is 6.04 Å². The molecule has 1 aliphatic carbocycles. The van der Waals surface area contributed by atoms with Crippen LogP contribution in [0.1, 0.15) is 38.2 Å². The van der Waals surface area contributed by atoms with Gasteiger partial charge >= 0.3 is 12.0 Å². The van der Waals surface area contributed by atoms with Crippen LogP contribution in [0.3, 0.4) is 0 Å². The maximum Gasteiger partial charge on any atom is 0.344 e. The normalized spacial score (nSPS) is 18.5. The van der Waals surface area contributed by atoms with Gasteiger partial charge in [-0.05, 0) is 43.5 Å². The number of esters is 1. The zero-order valence-electron chi connectivity index (χ0n) is 16.9. The van der Waals surface area contributed by atoms with E-state index in [1.807, 2.05) is 0 Å².